The van der Waals surface area contributed by atoms with Crippen molar-refractivity contribution in [2.75, 3.05) is 26.2 Å². The van der Waals surface area contributed by atoms with Crippen molar-refractivity contribution in [3.63, 3.8) is 0 Å². The van der Waals surface area contributed by atoms with E-state index < -0.39 is 5.60 Å². The number of rotatable bonds is 1. The van der Waals surface area contributed by atoms with Gasteiger partial charge in [0.15, 0.2) is 0 Å². The molecule has 5 nitrogen and oxygen atoms in total. The summed E-state index contributed by atoms with van der Waals surface area (Å²) < 4.78 is 5.38. The SMILES string of the molecule is CC.CC.CC1CCC(C(=O)N2CCN(C(=O)OC(C)(C)C)CC2)CC1. The molecule has 0 atom stereocenters. The Hall–Kier alpha value is -1.26. The molecule has 0 N–H and O–H groups in total. The molecule has 1 aliphatic carbocycles. The number of amides is 2. The van der Waals surface area contributed by atoms with Crippen LogP contribution in [0.2, 0.25) is 0 Å². The highest BCUT2D eigenvalue weighted by molar-refractivity contribution is 5.79. The van der Waals surface area contributed by atoms with E-state index in [9.17, 15) is 9.59 Å². The second kappa shape index (κ2) is 12.2. The number of ether oxygens (including phenoxy) is 1. The first-order valence-electron chi connectivity index (χ1n) is 10.5. The van der Waals surface area contributed by atoms with Crippen LogP contribution in [0.4, 0.5) is 4.79 Å². The first-order chi connectivity index (χ1) is 12.3. The minimum Gasteiger partial charge on any atom is -0.444 e. The minimum absolute atomic E-state index is 0.198. The van der Waals surface area contributed by atoms with Crippen LogP contribution in [-0.2, 0) is 9.53 Å². The van der Waals surface area contributed by atoms with Gasteiger partial charge < -0.3 is 14.5 Å². The van der Waals surface area contributed by atoms with Gasteiger partial charge in [-0.3, -0.25) is 4.79 Å². The van der Waals surface area contributed by atoms with Crippen LogP contribution in [0, 0.1) is 11.8 Å². The monoisotopic (exact) mass is 370 g/mol. The van der Waals surface area contributed by atoms with Gasteiger partial charge >= 0.3 is 6.09 Å². The molecule has 0 radical (unpaired) electrons. The fraction of sp³-hybridized carbons (Fsp3) is 0.905. The molecule has 0 spiro atoms. The van der Waals surface area contributed by atoms with Crippen LogP contribution in [0.1, 0.15) is 81.1 Å². The third-order valence-electron chi connectivity index (χ3n) is 4.61. The van der Waals surface area contributed by atoms with E-state index in [0.29, 0.717) is 26.2 Å². The lowest BCUT2D eigenvalue weighted by molar-refractivity contribution is -0.138. The van der Waals surface area contributed by atoms with Crippen LogP contribution < -0.4 is 0 Å². The van der Waals surface area contributed by atoms with Crippen molar-refractivity contribution in [3.05, 3.63) is 0 Å². The zero-order chi connectivity index (χ0) is 20.3. The van der Waals surface area contributed by atoms with Gasteiger partial charge in [-0.1, -0.05) is 34.6 Å². The Kier molecular flexibility index (Phi) is 11.6. The first kappa shape index (κ1) is 24.7. The summed E-state index contributed by atoms with van der Waals surface area (Å²) in [5, 5.41) is 0. The van der Waals surface area contributed by atoms with Crippen molar-refractivity contribution in [1.82, 2.24) is 9.80 Å². The maximum absolute atomic E-state index is 12.6. The summed E-state index contributed by atoms with van der Waals surface area (Å²) >= 11 is 0. The van der Waals surface area contributed by atoms with Crippen LogP contribution in [0.25, 0.3) is 0 Å². The van der Waals surface area contributed by atoms with Gasteiger partial charge in [-0.25, -0.2) is 4.79 Å². The number of piperazine rings is 1. The molecular formula is C21H42N2O3. The smallest absolute Gasteiger partial charge is 0.410 e. The average Bonchev–Trinajstić information content (AvgIpc) is 2.64. The lowest BCUT2D eigenvalue weighted by atomic mass is 9.82. The van der Waals surface area contributed by atoms with Gasteiger partial charge in [0.25, 0.3) is 0 Å². The van der Waals surface area contributed by atoms with Crippen LogP contribution in [0.15, 0.2) is 0 Å². The standard InChI is InChI=1S/C17H30N2O3.2C2H6/c1-13-5-7-14(8-6-13)15(20)18-9-11-19(12-10-18)16(21)22-17(2,3)4;2*1-2/h13-14H,5-12H2,1-4H3;2*1-2H3. The molecule has 0 aromatic rings. The van der Waals surface area contributed by atoms with Crippen molar-refractivity contribution in [3.8, 4) is 0 Å². The van der Waals surface area contributed by atoms with Crippen molar-refractivity contribution >= 4 is 12.0 Å². The lowest BCUT2D eigenvalue weighted by Crippen LogP contribution is -2.53. The highest BCUT2D eigenvalue weighted by Gasteiger charge is 2.32. The Labute approximate surface area is 161 Å². The van der Waals surface area contributed by atoms with Gasteiger partial charge in [-0.05, 0) is 52.4 Å². The molecule has 1 saturated heterocycles. The molecule has 0 unspecified atom stereocenters. The summed E-state index contributed by atoms with van der Waals surface area (Å²) in [6.07, 6.45) is 4.09. The molecule has 1 saturated carbocycles. The van der Waals surface area contributed by atoms with Gasteiger partial charge in [-0.2, -0.15) is 0 Å². The molecule has 1 heterocycles. The third kappa shape index (κ3) is 8.41. The molecule has 0 bridgehead atoms. The first-order valence-corrected chi connectivity index (χ1v) is 10.5. The van der Waals surface area contributed by atoms with Gasteiger partial charge in [0.05, 0.1) is 0 Å². The van der Waals surface area contributed by atoms with E-state index in [1.807, 2.05) is 53.4 Å². The second-order valence-corrected chi connectivity index (χ2v) is 7.75. The zero-order valence-corrected chi connectivity index (χ0v) is 18.4. The fourth-order valence-corrected chi connectivity index (χ4v) is 3.20. The Morgan fingerprint density at radius 2 is 1.23 bits per heavy atom. The van der Waals surface area contributed by atoms with E-state index in [2.05, 4.69) is 6.92 Å². The zero-order valence-electron chi connectivity index (χ0n) is 18.4. The Bertz CT molecular complexity index is 402. The van der Waals surface area contributed by atoms with E-state index in [4.69, 9.17) is 4.74 Å². The maximum atomic E-state index is 12.6. The topological polar surface area (TPSA) is 49.9 Å². The number of carbonyl (C=O) groups is 2. The van der Waals surface area contributed by atoms with Crippen LogP contribution in [-0.4, -0.2) is 53.6 Å². The van der Waals surface area contributed by atoms with E-state index in [-0.39, 0.29) is 17.9 Å². The molecule has 26 heavy (non-hydrogen) atoms. The van der Waals surface area contributed by atoms with Crippen LogP contribution in [0.3, 0.4) is 0 Å². The normalized spacial score (nSPS) is 23.1. The van der Waals surface area contributed by atoms with Crippen molar-refractivity contribution in [1.29, 1.82) is 0 Å². The summed E-state index contributed by atoms with van der Waals surface area (Å²) in [6, 6.07) is 0. The molecule has 5 heteroatoms. The number of hydrogen-bond donors (Lipinski definition) is 0. The van der Waals surface area contributed by atoms with Gasteiger partial charge in [0, 0.05) is 32.1 Å². The molecule has 2 amide bonds. The van der Waals surface area contributed by atoms with Crippen LogP contribution in [0.5, 0.6) is 0 Å². The van der Waals surface area contributed by atoms with E-state index in [1.165, 1.54) is 0 Å². The molecule has 2 fully saturated rings. The summed E-state index contributed by atoms with van der Waals surface area (Å²) in [5.74, 6) is 1.24. The summed E-state index contributed by atoms with van der Waals surface area (Å²) in [4.78, 5) is 28.2. The van der Waals surface area contributed by atoms with Crippen molar-refractivity contribution in [2.24, 2.45) is 11.8 Å². The predicted octanol–water partition coefficient (Wildman–Crippen LogP) is 4.94. The van der Waals surface area contributed by atoms with Gasteiger partial charge in [0.1, 0.15) is 5.60 Å². The van der Waals surface area contributed by atoms with Gasteiger partial charge in [0.2, 0.25) is 5.91 Å². The quantitative estimate of drug-likeness (QED) is 0.656. The average molecular weight is 371 g/mol. The summed E-state index contributed by atoms with van der Waals surface area (Å²) in [6.45, 7) is 18.3. The second-order valence-electron chi connectivity index (χ2n) is 7.75. The lowest BCUT2D eigenvalue weighted by Gasteiger charge is -2.38. The van der Waals surface area contributed by atoms with Gasteiger partial charge in [-0.15, -0.1) is 0 Å². The summed E-state index contributed by atoms with van der Waals surface area (Å²) in [5.41, 5.74) is -0.469. The fourth-order valence-electron chi connectivity index (χ4n) is 3.20. The maximum Gasteiger partial charge on any atom is 0.410 e. The Morgan fingerprint density at radius 1 is 0.808 bits per heavy atom. The number of hydrogen-bond acceptors (Lipinski definition) is 3. The van der Waals surface area contributed by atoms with E-state index in [0.717, 1.165) is 31.6 Å². The van der Waals surface area contributed by atoms with Crippen molar-refractivity contribution in [2.45, 2.75) is 86.7 Å². The molecule has 0 aromatic carbocycles. The molecule has 154 valence electrons. The predicted molar refractivity (Wildman–Crippen MR) is 108 cm³/mol. The molecular weight excluding hydrogens is 328 g/mol. The largest absolute Gasteiger partial charge is 0.444 e. The van der Waals surface area contributed by atoms with Crippen molar-refractivity contribution < 1.29 is 14.3 Å². The number of carbonyl (C=O) groups excluding carboxylic acids is 2. The Morgan fingerprint density at radius 3 is 1.65 bits per heavy atom. The molecule has 0 aromatic heterocycles. The summed E-state index contributed by atoms with van der Waals surface area (Å²) in [7, 11) is 0. The highest BCUT2D eigenvalue weighted by atomic mass is 16.6. The van der Waals surface area contributed by atoms with E-state index >= 15 is 0 Å². The van der Waals surface area contributed by atoms with E-state index in [1.54, 1.807) is 4.90 Å². The number of nitrogens with zero attached hydrogens (tertiary/aromatic N) is 2. The Balaban J connectivity index is 0.00000146. The van der Waals surface area contributed by atoms with Crippen LogP contribution >= 0.6 is 0 Å². The molecule has 2 rings (SSSR count). The molecule has 2 aliphatic rings. The third-order valence-corrected chi connectivity index (χ3v) is 4.61. The minimum atomic E-state index is -0.469. The highest BCUT2D eigenvalue weighted by Crippen LogP contribution is 2.29. The molecule has 1 aliphatic heterocycles.